The van der Waals surface area contributed by atoms with Gasteiger partial charge in [0.1, 0.15) is 12.3 Å². The molecule has 120 valence electrons. The van der Waals surface area contributed by atoms with E-state index in [4.69, 9.17) is 34.8 Å². The molecule has 0 aliphatic rings. The summed E-state index contributed by atoms with van der Waals surface area (Å²) >= 11 is 17.7. The molecule has 0 aliphatic carbocycles. The number of benzene rings is 2. The number of anilines is 1. The van der Waals surface area contributed by atoms with Crippen molar-refractivity contribution in [2.24, 2.45) is 4.99 Å². The van der Waals surface area contributed by atoms with E-state index in [0.717, 1.165) is 5.56 Å². The lowest BCUT2D eigenvalue weighted by Crippen LogP contribution is -2.15. The van der Waals surface area contributed by atoms with Crippen molar-refractivity contribution in [3.63, 3.8) is 0 Å². The maximum Gasteiger partial charge on any atom is 0.246 e. The second-order valence-electron chi connectivity index (χ2n) is 4.76. The smallest absolute Gasteiger partial charge is 0.246 e. The van der Waals surface area contributed by atoms with E-state index in [1.807, 2.05) is 6.92 Å². The van der Waals surface area contributed by atoms with Crippen LogP contribution in [0.25, 0.3) is 0 Å². The highest BCUT2D eigenvalue weighted by molar-refractivity contribution is 6.36. The molecular weight excluding hydrogens is 359 g/mol. The number of aromatic hydroxyl groups is 1. The first-order chi connectivity index (χ1) is 10.9. The highest BCUT2D eigenvalue weighted by atomic mass is 35.5. The molecule has 0 radical (unpaired) electrons. The number of halogens is 3. The summed E-state index contributed by atoms with van der Waals surface area (Å²) < 4.78 is 0. The van der Waals surface area contributed by atoms with E-state index in [9.17, 15) is 9.90 Å². The third kappa shape index (κ3) is 4.61. The first-order valence-corrected chi connectivity index (χ1v) is 7.74. The number of phenolic OH excluding ortho intramolecular Hbond substituents is 1. The van der Waals surface area contributed by atoms with Gasteiger partial charge in [-0.05, 0) is 36.8 Å². The molecule has 0 saturated heterocycles. The summed E-state index contributed by atoms with van der Waals surface area (Å²) in [6.07, 6.45) is 1.34. The fourth-order valence-electron chi connectivity index (χ4n) is 1.84. The predicted molar refractivity (Wildman–Crippen MR) is 95.4 cm³/mol. The summed E-state index contributed by atoms with van der Waals surface area (Å²) in [5.41, 5.74) is 1.76. The summed E-state index contributed by atoms with van der Waals surface area (Å²) in [6.45, 7) is 1.70. The van der Waals surface area contributed by atoms with E-state index in [1.54, 1.807) is 18.2 Å². The standard InChI is InChI=1S/C16H13Cl3N2O2/c1-9-12(18)3-2-4-14(9)21-15(22)8-20-7-10-5-11(17)6-13(19)16(10)23/h2-7,23H,8H2,1H3,(H,21,22). The minimum Gasteiger partial charge on any atom is -0.506 e. The van der Waals surface area contributed by atoms with Gasteiger partial charge in [0.25, 0.3) is 0 Å². The van der Waals surface area contributed by atoms with E-state index in [-0.39, 0.29) is 23.2 Å². The van der Waals surface area contributed by atoms with Crippen molar-refractivity contribution in [3.05, 3.63) is 56.5 Å². The molecule has 23 heavy (non-hydrogen) atoms. The minimum absolute atomic E-state index is 0.116. The molecule has 0 saturated carbocycles. The van der Waals surface area contributed by atoms with Crippen LogP contribution in [-0.2, 0) is 4.79 Å². The Morgan fingerprint density at radius 3 is 2.74 bits per heavy atom. The Balaban J connectivity index is 2.03. The molecule has 2 N–H and O–H groups in total. The Morgan fingerprint density at radius 1 is 1.26 bits per heavy atom. The van der Waals surface area contributed by atoms with Gasteiger partial charge in [-0.2, -0.15) is 0 Å². The van der Waals surface area contributed by atoms with Gasteiger partial charge in [-0.3, -0.25) is 9.79 Å². The first-order valence-electron chi connectivity index (χ1n) is 6.61. The maximum atomic E-state index is 11.9. The molecule has 0 aliphatic heterocycles. The van der Waals surface area contributed by atoms with Gasteiger partial charge in [-0.15, -0.1) is 0 Å². The Bertz CT molecular complexity index is 776. The van der Waals surface area contributed by atoms with E-state index < -0.39 is 0 Å². The lowest BCUT2D eigenvalue weighted by Gasteiger charge is -2.08. The minimum atomic E-state index is -0.306. The lowest BCUT2D eigenvalue weighted by atomic mass is 10.2. The van der Waals surface area contributed by atoms with Crippen LogP contribution in [0.15, 0.2) is 35.3 Å². The van der Waals surface area contributed by atoms with Gasteiger partial charge in [0.05, 0.1) is 5.02 Å². The van der Waals surface area contributed by atoms with Crippen LogP contribution in [-0.4, -0.2) is 23.8 Å². The van der Waals surface area contributed by atoms with Crippen LogP contribution in [0.4, 0.5) is 5.69 Å². The number of carbonyl (C=O) groups excluding carboxylic acids is 1. The molecule has 0 aromatic heterocycles. The van der Waals surface area contributed by atoms with Crippen LogP contribution in [0.3, 0.4) is 0 Å². The van der Waals surface area contributed by atoms with Crippen molar-refractivity contribution < 1.29 is 9.90 Å². The molecule has 0 atom stereocenters. The van der Waals surface area contributed by atoms with Crippen LogP contribution < -0.4 is 5.32 Å². The summed E-state index contributed by atoms with van der Waals surface area (Å²) in [5, 5.41) is 13.6. The molecule has 0 fully saturated rings. The van der Waals surface area contributed by atoms with Crippen LogP contribution in [0.2, 0.25) is 15.1 Å². The van der Waals surface area contributed by atoms with Crippen molar-refractivity contribution in [2.75, 3.05) is 11.9 Å². The van der Waals surface area contributed by atoms with Gasteiger partial charge < -0.3 is 10.4 Å². The highest BCUT2D eigenvalue weighted by Crippen LogP contribution is 2.30. The molecule has 2 aromatic rings. The molecule has 2 rings (SSSR count). The molecule has 2 aromatic carbocycles. The number of carbonyl (C=O) groups is 1. The lowest BCUT2D eigenvalue weighted by molar-refractivity contribution is -0.114. The molecule has 0 spiro atoms. The van der Waals surface area contributed by atoms with Crippen molar-refractivity contribution in [1.82, 2.24) is 0 Å². The fraction of sp³-hybridized carbons (Fsp3) is 0.125. The second kappa shape index (κ2) is 7.68. The summed E-state index contributed by atoms with van der Waals surface area (Å²) in [5.74, 6) is -0.440. The van der Waals surface area contributed by atoms with Gasteiger partial charge in [0.2, 0.25) is 5.91 Å². The Hall–Kier alpha value is -1.75. The monoisotopic (exact) mass is 370 g/mol. The highest BCUT2D eigenvalue weighted by Gasteiger charge is 2.08. The zero-order chi connectivity index (χ0) is 17.0. The number of hydrogen-bond acceptors (Lipinski definition) is 3. The fourth-order valence-corrected chi connectivity index (χ4v) is 2.53. The van der Waals surface area contributed by atoms with Crippen LogP contribution in [0.5, 0.6) is 5.75 Å². The van der Waals surface area contributed by atoms with Crippen molar-refractivity contribution in [3.8, 4) is 5.75 Å². The van der Waals surface area contributed by atoms with E-state index in [1.165, 1.54) is 18.3 Å². The number of hydrogen-bond donors (Lipinski definition) is 2. The maximum absolute atomic E-state index is 11.9. The average Bonchev–Trinajstić information content (AvgIpc) is 2.49. The quantitative estimate of drug-likeness (QED) is 0.764. The molecule has 7 heteroatoms. The normalized spacial score (nSPS) is 11.0. The predicted octanol–water partition coefficient (Wildman–Crippen LogP) is 4.72. The Kier molecular flexibility index (Phi) is 5.88. The van der Waals surface area contributed by atoms with E-state index in [2.05, 4.69) is 10.3 Å². The van der Waals surface area contributed by atoms with Gasteiger partial charge in [0, 0.05) is 27.5 Å². The van der Waals surface area contributed by atoms with Crippen LogP contribution in [0, 0.1) is 6.92 Å². The van der Waals surface area contributed by atoms with Crippen LogP contribution >= 0.6 is 34.8 Å². The summed E-state index contributed by atoms with van der Waals surface area (Å²) in [6, 6.07) is 8.18. The van der Waals surface area contributed by atoms with Crippen molar-refractivity contribution in [1.29, 1.82) is 0 Å². The largest absolute Gasteiger partial charge is 0.506 e. The van der Waals surface area contributed by atoms with Gasteiger partial charge in [0.15, 0.2) is 0 Å². The zero-order valence-electron chi connectivity index (χ0n) is 12.1. The molecular formula is C16H13Cl3N2O2. The summed E-state index contributed by atoms with van der Waals surface area (Å²) in [7, 11) is 0. The topological polar surface area (TPSA) is 61.7 Å². The van der Waals surface area contributed by atoms with Crippen molar-refractivity contribution >= 4 is 52.6 Å². The molecule has 0 heterocycles. The second-order valence-corrected chi connectivity index (χ2v) is 6.01. The Morgan fingerprint density at radius 2 is 2.00 bits per heavy atom. The molecule has 4 nitrogen and oxygen atoms in total. The average molecular weight is 372 g/mol. The number of nitrogens with one attached hydrogen (secondary N) is 1. The van der Waals surface area contributed by atoms with E-state index in [0.29, 0.717) is 21.3 Å². The number of amides is 1. The molecule has 0 unspecified atom stereocenters. The Labute approximate surface area is 148 Å². The third-order valence-electron chi connectivity index (χ3n) is 3.06. The van der Waals surface area contributed by atoms with Gasteiger partial charge in [-0.25, -0.2) is 0 Å². The van der Waals surface area contributed by atoms with Crippen molar-refractivity contribution in [2.45, 2.75) is 6.92 Å². The van der Waals surface area contributed by atoms with Gasteiger partial charge in [-0.1, -0.05) is 40.9 Å². The number of nitrogens with zero attached hydrogens (tertiary/aromatic N) is 1. The number of phenols is 1. The third-order valence-corrected chi connectivity index (χ3v) is 3.98. The molecule has 1 amide bonds. The van der Waals surface area contributed by atoms with E-state index >= 15 is 0 Å². The zero-order valence-corrected chi connectivity index (χ0v) is 14.4. The summed E-state index contributed by atoms with van der Waals surface area (Å²) in [4.78, 5) is 15.9. The number of rotatable bonds is 4. The molecule has 0 bridgehead atoms. The van der Waals surface area contributed by atoms with Gasteiger partial charge >= 0.3 is 0 Å². The van der Waals surface area contributed by atoms with Crippen LogP contribution in [0.1, 0.15) is 11.1 Å². The number of aliphatic imine (C=N–C) groups is 1. The SMILES string of the molecule is Cc1c(Cl)cccc1NC(=O)CN=Cc1cc(Cl)cc(Cl)c1O. The first kappa shape index (κ1) is 17.6.